The molecule has 0 aromatic carbocycles. The van der Waals surface area contributed by atoms with Crippen LogP contribution in [0.25, 0.3) is 0 Å². The first-order chi connectivity index (χ1) is 11.1. The quantitative estimate of drug-likeness (QED) is 0.653. The maximum Gasteiger partial charge on any atom is 0.155 e. The molecule has 0 N–H and O–H groups in total. The van der Waals surface area contributed by atoms with Crippen LogP contribution in [-0.4, -0.2) is 5.78 Å². The summed E-state index contributed by atoms with van der Waals surface area (Å²) in [5.41, 5.74) is 2.25. The Balaban J connectivity index is 1.53. The van der Waals surface area contributed by atoms with Crippen molar-refractivity contribution >= 4 is 5.78 Å². The molecule has 1 spiro atoms. The van der Waals surface area contributed by atoms with Crippen LogP contribution >= 0.6 is 0 Å². The summed E-state index contributed by atoms with van der Waals surface area (Å²) in [6.07, 6.45) is 12.8. The van der Waals surface area contributed by atoms with E-state index in [1.807, 2.05) is 0 Å². The molecule has 6 atom stereocenters. The van der Waals surface area contributed by atoms with Crippen molar-refractivity contribution in [2.45, 2.75) is 64.7 Å². The first kappa shape index (κ1) is 14.3. The molecule has 5 rings (SSSR count). The SMILES string of the molecule is CC12CCC3C4CCC(=O)C=C4C4(CC4)CC3C1CCC2C#N. The summed E-state index contributed by atoms with van der Waals surface area (Å²) < 4.78 is 0. The van der Waals surface area contributed by atoms with E-state index in [1.165, 1.54) is 38.5 Å². The van der Waals surface area contributed by atoms with Crippen LogP contribution in [0.3, 0.4) is 0 Å². The van der Waals surface area contributed by atoms with Crippen LogP contribution in [-0.2, 0) is 4.79 Å². The zero-order valence-corrected chi connectivity index (χ0v) is 14.2. The minimum absolute atomic E-state index is 0.275. The van der Waals surface area contributed by atoms with Crippen molar-refractivity contribution in [1.82, 2.24) is 0 Å². The number of allylic oxidation sites excluding steroid dienone is 1. The second-order valence-electron chi connectivity index (χ2n) is 9.43. The molecule has 6 unspecified atom stereocenters. The van der Waals surface area contributed by atoms with Crippen molar-refractivity contribution in [2.24, 2.45) is 40.4 Å². The van der Waals surface area contributed by atoms with Gasteiger partial charge in [-0.1, -0.05) is 12.5 Å². The Morgan fingerprint density at radius 1 is 1.13 bits per heavy atom. The van der Waals surface area contributed by atoms with Crippen LogP contribution in [0.4, 0.5) is 0 Å². The van der Waals surface area contributed by atoms with E-state index in [1.54, 1.807) is 5.57 Å². The lowest BCUT2D eigenvalue weighted by molar-refractivity contribution is -0.116. The molecule has 23 heavy (non-hydrogen) atoms. The number of ketones is 1. The maximum absolute atomic E-state index is 12.0. The Kier molecular flexibility index (Phi) is 2.79. The third kappa shape index (κ3) is 1.77. The molecule has 0 bridgehead atoms. The Morgan fingerprint density at radius 3 is 2.70 bits per heavy atom. The van der Waals surface area contributed by atoms with E-state index in [-0.39, 0.29) is 11.3 Å². The fourth-order valence-electron chi connectivity index (χ4n) is 7.33. The summed E-state index contributed by atoms with van der Waals surface area (Å²) in [4.78, 5) is 12.0. The van der Waals surface area contributed by atoms with Gasteiger partial charge in [0.2, 0.25) is 0 Å². The molecule has 0 heterocycles. The zero-order chi connectivity index (χ0) is 15.8. The summed E-state index contributed by atoms with van der Waals surface area (Å²) in [5, 5.41) is 9.60. The van der Waals surface area contributed by atoms with Gasteiger partial charge >= 0.3 is 0 Å². The number of nitrogens with zero attached hydrogens (tertiary/aromatic N) is 1. The van der Waals surface area contributed by atoms with Gasteiger partial charge in [-0.05, 0) is 91.9 Å². The maximum atomic E-state index is 12.0. The summed E-state index contributed by atoms with van der Waals surface area (Å²) in [6, 6.07) is 2.64. The lowest BCUT2D eigenvalue weighted by Gasteiger charge is -2.55. The molecule has 2 heteroatoms. The van der Waals surface area contributed by atoms with E-state index < -0.39 is 0 Å². The van der Waals surface area contributed by atoms with Gasteiger partial charge in [0.1, 0.15) is 0 Å². The molecule has 5 aliphatic rings. The number of fused-ring (bicyclic) bond motifs is 6. The Morgan fingerprint density at radius 2 is 1.96 bits per heavy atom. The van der Waals surface area contributed by atoms with E-state index in [0.717, 1.165) is 37.0 Å². The number of carbonyl (C=O) groups excluding carboxylic acids is 1. The van der Waals surface area contributed by atoms with Crippen molar-refractivity contribution in [1.29, 1.82) is 5.26 Å². The third-order valence-electron chi connectivity index (χ3n) is 8.68. The summed E-state index contributed by atoms with van der Waals surface area (Å²) in [7, 11) is 0. The van der Waals surface area contributed by atoms with Crippen LogP contribution in [0.5, 0.6) is 0 Å². The largest absolute Gasteiger partial charge is 0.295 e. The molecule has 0 aromatic rings. The number of carbonyl (C=O) groups is 1. The summed E-state index contributed by atoms with van der Waals surface area (Å²) >= 11 is 0. The fraction of sp³-hybridized carbons (Fsp3) is 0.810. The van der Waals surface area contributed by atoms with Gasteiger partial charge in [0.05, 0.1) is 12.0 Å². The van der Waals surface area contributed by atoms with E-state index in [2.05, 4.69) is 19.1 Å². The van der Waals surface area contributed by atoms with Crippen molar-refractivity contribution in [3.05, 3.63) is 11.6 Å². The molecular formula is C21H27NO. The van der Waals surface area contributed by atoms with Crippen LogP contribution < -0.4 is 0 Å². The average Bonchev–Trinajstić information content (AvgIpc) is 3.22. The smallest absolute Gasteiger partial charge is 0.155 e. The van der Waals surface area contributed by atoms with Gasteiger partial charge in [0, 0.05) is 6.42 Å². The van der Waals surface area contributed by atoms with Gasteiger partial charge in [-0.2, -0.15) is 5.26 Å². The van der Waals surface area contributed by atoms with Gasteiger partial charge < -0.3 is 0 Å². The molecule has 2 nitrogen and oxygen atoms in total. The normalized spacial score (nSPS) is 49.7. The fourth-order valence-corrected chi connectivity index (χ4v) is 7.33. The Hall–Kier alpha value is -1.10. The number of hydrogen-bond acceptors (Lipinski definition) is 2. The van der Waals surface area contributed by atoms with Crippen molar-refractivity contribution < 1.29 is 4.79 Å². The van der Waals surface area contributed by atoms with Gasteiger partial charge in [0.25, 0.3) is 0 Å². The van der Waals surface area contributed by atoms with E-state index >= 15 is 0 Å². The minimum atomic E-state index is 0.275. The number of nitriles is 1. The molecule has 0 radical (unpaired) electrons. The number of hydrogen-bond donors (Lipinski definition) is 0. The van der Waals surface area contributed by atoms with Gasteiger partial charge in [0.15, 0.2) is 5.78 Å². The summed E-state index contributed by atoms with van der Waals surface area (Å²) in [5.74, 6) is 3.75. The molecule has 0 saturated heterocycles. The van der Waals surface area contributed by atoms with Crippen molar-refractivity contribution in [3.8, 4) is 6.07 Å². The predicted molar refractivity (Wildman–Crippen MR) is 88.2 cm³/mol. The van der Waals surface area contributed by atoms with Crippen LogP contribution in [0.2, 0.25) is 0 Å². The van der Waals surface area contributed by atoms with Crippen LogP contribution in [0, 0.1) is 51.8 Å². The molecular weight excluding hydrogens is 282 g/mol. The molecule has 122 valence electrons. The van der Waals surface area contributed by atoms with Gasteiger partial charge in [-0.15, -0.1) is 0 Å². The van der Waals surface area contributed by atoms with Gasteiger partial charge in [-0.3, -0.25) is 4.79 Å². The molecule has 4 fully saturated rings. The molecule has 5 aliphatic carbocycles. The summed E-state index contributed by atoms with van der Waals surface area (Å²) in [6.45, 7) is 2.42. The molecule has 0 aliphatic heterocycles. The third-order valence-corrected chi connectivity index (χ3v) is 8.68. The minimum Gasteiger partial charge on any atom is -0.295 e. The Labute approximate surface area is 139 Å². The highest BCUT2D eigenvalue weighted by molar-refractivity contribution is 5.91. The Bertz CT molecular complexity index is 637. The van der Waals surface area contributed by atoms with Gasteiger partial charge in [-0.25, -0.2) is 0 Å². The lowest BCUT2D eigenvalue weighted by Crippen LogP contribution is -2.48. The molecule has 4 saturated carbocycles. The van der Waals surface area contributed by atoms with Crippen LogP contribution in [0.1, 0.15) is 64.7 Å². The second-order valence-corrected chi connectivity index (χ2v) is 9.43. The highest BCUT2D eigenvalue weighted by Gasteiger charge is 2.62. The van der Waals surface area contributed by atoms with Crippen molar-refractivity contribution in [2.75, 3.05) is 0 Å². The first-order valence-corrected chi connectivity index (χ1v) is 9.72. The second kappa shape index (κ2) is 4.50. The van der Waals surface area contributed by atoms with E-state index in [4.69, 9.17) is 0 Å². The first-order valence-electron chi connectivity index (χ1n) is 9.72. The highest BCUT2D eigenvalue weighted by Crippen LogP contribution is 2.71. The van der Waals surface area contributed by atoms with E-state index in [0.29, 0.717) is 17.1 Å². The topological polar surface area (TPSA) is 40.9 Å². The molecule has 0 amide bonds. The van der Waals surface area contributed by atoms with E-state index in [9.17, 15) is 10.1 Å². The van der Waals surface area contributed by atoms with Crippen LogP contribution in [0.15, 0.2) is 11.6 Å². The zero-order valence-electron chi connectivity index (χ0n) is 14.2. The monoisotopic (exact) mass is 309 g/mol. The number of rotatable bonds is 0. The molecule has 0 aromatic heterocycles. The lowest BCUT2D eigenvalue weighted by atomic mass is 9.49. The average molecular weight is 309 g/mol. The predicted octanol–water partition coefficient (Wildman–Crippen LogP) is 4.66. The highest BCUT2D eigenvalue weighted by atomic mass is 16.1. The standard InChI is InChI=1S/C21H27NO/c1-20-7-6-15-16-4-3-14(23)10-19(16)21(8-9-21)11-17(15)18(20)5-2-13(20)12-22/h10,13,15-18H,2-9,11H2,1H3. The van der Waals surface area contributed by atoms with Crippen molar-refractivity contribution in [3.63, 3.8) is 0 Å².